The molecule has 0 N–H and O–H groups in total. The summed E-state index contributed by atoms with van der Waals surface area (Å²) in [5, 5.41) is 8.87. The zero-order valence-electron chi connectivity index (χ0n) is 13.3. The van der Waals surface area contributed by atoms with E-state index in [1.165, 1.54) is 5.56 Å². The predicted octanol–water partition coefficient (Wildman–Crippen LogP) is 4.50. The van der Waals surface area contributed by atoms with E-state index in [2.05, 4.69) is 23.1 Å². The number of nitrogens with zero attached hydrogens (tertiary/aromatic N) is 3. The average molecular weight is 348 g/mol. The summed E-state index contributed by atoms with van der Waals surface area (Å²) in [6.45, 7) is 5.81. The molecule has 4 nitrogen and oxygen atoms in total. The number of amides is 1. The Balaban J connectivity index is 2.00. The first kappa shape index (κ1) is 16.1. The lowest BCUT2D eigenvalue weighted by Gasteiger charge is -2.22. The van der Waals surface area contributed by atoms with Crippen LogP contribution in [0.5, 0.6) is 0 Å². The quantitative estimate of drug-likeness (QED) is 0.820. The molecule has 0 fully saturated rings. The number of hydrogen-bond acceptors (Lipinski definition) is 4. The maximum atomic E-state index is 12.3. The van der Waals surface area contributed by atoms with E-state index < -0.39 is 0 Å². The smallest absolute Gasteiger partial charge is 0.242 e. The zero-order chi connectivity index (χ0) is 16.6. The maximum absolute atomic E-state index is 12.3. The number of carbonyl (C=O) groups excluding carboxylic acids is 1. The van der Waals surface area contributed by atoms with Crippen LogP contribution in [-0.2, 0) is 4.79 Å². The fraction of sp³-hybridized carbons (Fsp3) is 0.353. The number of hydrogen-bond donors (Lipinski definition) is 0. The van der Waals surface area contributed by atoms with E-state index in [1.54, 1.807) is 22.5 Å². The summed E-state index contributed by atoms with van der Waals surface area (Å²) in [4.78, 5) is 17.8. The molecule has 1 aliphatic rings. The van der Waals surface area contributed by atoms with Gasteiger partial charge in [0.15, 0.2) is 0 Å². The zero-order valence-corrected chi connectivity index (χ0v) is 14.9. The Labute approximate surface area is 144 Å². The molecule has 1 amide bonds. The van der Waals surface area contributed by atoms with Crippen LogP contribution in [0.25, 0.3) is 0 Å². The van der Waals surface area contributed by atoms with Crippen molar-refractivity contribution in [2.75, 3.05) is 0 Å². The monoisotopic (exact) mass is 347 g/mol. The molecular weight excluding hydrogens is 330 g/mol. The van der Waals surface area contributed by atoms with E-state index in [1.807, 2.05) is 25.3 Å². The van der Waals surface area contributed by atoms with Gasteiger partial charge in [-0.25, -0.2) is 5.01 Å². The molecule has 0 saturated carbocycles. The lowest BCUT2D eigenvalue weighted by Crippen LogP contribution is -2.26. The van der Waals surface area contributed by atoms with Crippen molar-refractivity contribution in [1.29, 1.82) is 0 Å². The van der Waals surface area contributed by atoms with Crippen LogP contribution in [0.2, 0.25) is 5.02 Å². The number of aromatic nitrogens is 1. The van der Waals surface area contributed by atoms with E-state index in [4.69, 9.17) is 11.6 Å². The second kappa shape index (κ2) is 6.42. The Morgan fingerprint density at radius 1 is 1.48 bits per heavy atom. The lowest BCUT2D eigenvalue weighted by atomic mass is 10.0. The molecule has 6 heteroatoms. The Bertz CT molecular complexity index is 784. The van der Waals surface area contributed by atoms with Crippen molar-refractivity contribution < 1.29 is 4.79 Å². The first-order valence-corrected chi connectivity index (χ1v) is 8.83. The molecule has 0 radical (unpaired) electrons. The highest BCUT2D eigenvalue weighted by Crippen LogP contribution is 2.37. The lowest BCUT2D eigenvalue weighted by molar-refractivity contribution is -0.132. The van der Waals surface area contributed by atoms with Crippen molar-refractivity contribution in [3.05, 3.63) is 50.4 Å². The topological polar surface area (TPSA) is 45.6 Å². The minimum Gasteiger partial charge on any atom is -0.273 e. The summed E-state index contributed by atoms with van der Waals surface area (Å²) < 4.78 is 0. The number of thiophene rings is 1. The van der Waals surface area contributed by atoms with Gasteiger partial charge in [-0.1, -0.05) is 18.5 Å². The van der Waals surface area contributed by atoms with Gasteiger partial charge in [0.25, 0.3) is 0 Å². The third kappa shape index (κ3) is 3.03. The molecular formula is C17H18ClN3OS. The Kier molecular flexibility index (Phi) is 4.50. The van der Waals surface area contributed by atoms with E-state index in [0.717, 1.165) is 21.8 Å². The van der Waals surface area contributed by atoms with Crippen molar-refractivity contribution in [1.82, 2.24) is 9.99 Å². The summed E-state index contributed by atoms with van der Waals surface area (Å²) in [7, 11) is 0. The van der Waals surface area contributed by atoms with Gasteiger partial charge < -0.3 is 0 Å². The number of aryl methyl sites for hydroxylation is 2. The van der Waals surface area contributed by atoms with Crippen molar-refractivity contribution in [3.63, 3.8) is 0 Å². The van der Waals surface area contributed by atoms with Crippen LogP contribution in [-0.4, -0.2) is 21.6 Å². The standard InChI is InChI=1S/C17H18ClN3OS/c1-4-16(22)21-15(12-9-19-11(3)7-13(12)18)8-14(20-21)17-10(2)5-6-23-17/h5-7,9,15H,4,8H2,1-3H3. The number of carbonyl (C=O) groups is 1. The van der Waals surface area contributed by atoms with Gasteiger partial charge in [0.1, 0.15) is 0 Å². The molecule has 0 spiro atoms. The minimum atomic E-state index is -0.181. The van der Waals surface area contributed by atoms with E-state index in [0.29, 0.717) is 17.9 Å². The normalized spacial score (nSPS) is 17.5. The molecule has 2 aromatic rings. The van der Waals surface area contributed by atoms with Crippen molar-refractivity contribution in [2.45, 2.75) is 39.7 Å². The molecule has 1 aliphatic heterocycles. The molecule has 23 heavy (non-hydrogen) atoms. The maximum Gasteiger partial charge on any atom is 0.242 e. The number of halogens is 1. The van der Waals surface area contributed by atoms with Crippen LogP contribution in [0, 0.1) is 13.8 Å². The minimum absolute atomic E-state index is 0.00384. The van der Waals surface area contributed by atoms with Crippen LogP contribution in [0.4, 0.5) is 0 Å². The summed E-state index contributed by atoms with van der Waals surface area (Å²) in [5.74, 6) is -0.00384. The molecule has 0 bridgehead atoms. The van der Waals surface area contributed by atoms with Gasteiger partial charge in [0.05, 0.1) is 16.6 Å². The number of rotatable bonds is 3. The highest BCUT2D eigenvalue weighted by atomic mass is 35.5. The van der Waals surface area contributed by atoms with Gasteiger partial charge in [0.2, 0.25) is 5.91 Å². The first-order valence-electron chi connectivity index (χ1n) is 7.57. The molecule has 3 rings (SSSR count). The fourth-order valence-electron chi connectivity index (χ4n) is 2.73. The molecule has 120 valence electrons. The van der Waals surface area contributed by atoms with Gasteiger partial charge in [-0.15, -0.1) is 11.3 Å². The van der Waals surface area contributed by atoms with Gasteiger partial charge in [0, 0.05) is 35.3 Å². The van der Waals surface area contributed by atoms with Crippen LogP contribution in [0.15, 0.2) is 28.8 Å². The largest absolute Gasteiger partial charge is 0.273 e. The third-order valence-corrected chi connectivity index (χ3v) is 5.36. The molecule has 2 aromatic heterocycles. The molecule has 0 aromatic carbocycles. The Morgan fingerprint density at radius 3 is 2.87 bits per heavy atom. The van der Waals surface area contributed by atoms with Crippen LogP contribution in [0.1, 0.15) is 47.5 Å². The second-order valence-corrected chi connectivity index (χ2v) is 6.96. The molecule has 3 heterocycles. The SMILES string of the molecule is CCC(=O)N1N=C(c2sccc2C)CC1c1cnc(C)cc1Cl. The second-order valence-electron chi connectivity index (χ2n) is 5.64. The van der Waals surface area contributed by atoms with Crippen molar-refractivity contribution in [3.8, 4) is 0 Å². The highest BCUT2D eigenvalue weighted by Gasteiger charge is 2.34. The van der Waals surface area contributed by atoms with Crippen LogP contribution in [0.3, 0.4) is 0 Å². The van der Waals surface area contributed by atoms with Gasteiger partial charge >= 0.3 is 0 Å². The molecule has 0 aliphatic carbocycles. The Hall–Kier alpha value is -1.72. The molecule has 1 unspecified atom stereocenters. The highest BCUT2D eigenvalue weighted by molar-refractivity contribution is 7.12. The Morgan fingerprint density at radius 2 is 2.26 bits per heavy atom. The number of hydrazone groups is 1. The van der Waals surface area contributed by atoms with Gasteiger partial charge in [-0.05, 0) is 36.9 Å². The fourth-order valence-corrected chi connectivity index (χ4v) is 3.99. The summed E-state index contributed by atoms with van der Waals surface area (Å²) in [6, 6.07) is 3.72. The first-order chi connectivity index (χ1) is 11.0. The predicted molar refractivity (Wildman–Crippen MR) is 94.1 cm³/mol. The van der Waals surface area contributed by atoms with E-state index in [-0.39, 0.29) is 11.9 Å². The van der Waals surface area contributed by atoms with Crippen LogP contribution < -0.4 is 0 Å². The van der Waals surface area contributed by atoms with Crippen molar-refractivity contribution >= 4 is 34.6 Å². The van der Waals surface area contributed by atoms with E-state index in [9.17, 15) is 4.79 Å². The third-order valence-electron chi connectivity index (χ3n) is 3.97. The molecule has 0 saturated heterocycles. The van der Waals surface area contributed by atoms with Gasteiger partial charge in [-0.3, -0.25) is 9.78 Å². The summed E-state index contributed by atoms with van der Waals surface area (Å²) in [5.41, 5.74) is 3.85. The van der Waals surface area contributed by atoms with E-state index >= 15 is 0 Å². The van der Waals surface area contributed by atoms with Crippen molar-refractivity contribution in [2.24, 2.45) is 5.10 Å². The summed E-state index contributed by atoms with van der Waals surface area (Å²) in [6.07, 6.45) is 2.84. The average Bonchev–Trinajstić information content (AvgIpc) is 3.12. The van der Waals surface area contributed by atoms with Gasteiger partial charge in [-0.2, -0.15) is 5.10 Å². The molecule has 1 atom stereocenters. The van der Waals surface area contributed by atoms with Crippen LogP contribution >= 0.6 is 22.9 Å². The number of pyridine rings is 1. The summed E-state index contributed by atoms with van der Waals surface area (Å²) >= 11 is 8.06.